The number of likely N-dealkylation sites (tertiary alicyclic amines) is 1. The predicted molar refractivity (Wildman–Crippen MR) is 141 cm³/mol. The molecule has 184 valence electrons. The largest absolute Gasteiger partial charge is 0.478 e. The van der Waals surface area contributed by atoms with Gasteiger partial charge in [0.2, 0.25) is 0 Å². The number of carbonyl (C=O) groups is 1. The summed E-state index contributed by atoms with van der Waals surface area (Å²) in [7, 11) is 4.14. The Hall–Kier alpha value is -3.88. The molecule has 4 heterocycles. The lowest BCUT2D eigenvalue weighted by Gasteiger charge is -2.20. The standard InChI is InChI=1S/C28H30N6O2/c1-32(2)23-11-13-33(17-23)28(35)19-3-6-22(7-4-19)31-24-8-9-25(34-14-12-30-27(24)34)20-5-10-26-21(15-20)16-29-18-36-26/h3-10,12,14-15,23,29,31H,11,13,16-18H2,1-2H3. The van der Waals surface area contributed by atoms with E-state index in [0.717, 1.165) is 65.6 Å². The first-order valence-electron chi connectivity index (χ1n) is 12.3. The Balaban J connectivity index is 1.21. The maximum Gasteiger partial charge on any atom is 0.253 e. The van der Waals surface area contributed by atoms with E-state index in [1.54, 1.807) is 0 Å². The molecule has 2 N–H and O–H groups in total. The average Bonchev–Trinajstić information content (AvgIpc) is 3.60. The number of nitrogens with one attached hydrogen (secondary N) is 2. The van der Waals surface area contributed by atoms with Crippen molar-refractivity contribution in [3.05, 3.63) is 78.1 Å². The van der Waals surface area contributed by atoms with Gasteiger partial charge in [0.05, 0.1) is 11.4 Å². The number of likely N-dealkylation sites (N-methyl/N-ethyl adjacent to an activating group) is 1. The summed E-state index contributed by atoms with van der Waals surface area (Å²) in [6, 6.07) is 18.6. The molecule has 4 aromatic rings. The normalized spacial score (nSPS) is 17.3. The number of nitrogens with zero attached hydrogens (tertiary/aromatic N) is 4. The van der Waals surface area contributed by atoms with E-state index in [4.69, 9.17) is 4.74 Å². The summed E-state index contributed by atoms with van der Waals surface area (Å²) in [5.41, 5.74) is 6.68. The molecule has 2 aromatic carbocycles. The van der Waals surface area contributed by atoms with Gasteiger partial charge in [-0.15, -0.1) is 0 Å². The van der Waals surface area contributed by atoms with Gasteiger partial charge in [0.1, 0.15) is 12.5 Å². The van der Waals surface area contributed by atoms with Crippen molar-refractivity contribution in [2.24, 2.45) is 0 Å². The molecule has 1 unspecified atom stereocenters. The van der Waals surface area contributed by atoms with Crippen molar-refractivity contribution in [2.75, 3.05) is 39.2 Å². The number of amides is 1. The number of imidazole rings is 1. The molecule has 0 saturated carbocycles. The second-order valence-electron chi connectivity index (χ2n) is 9.65. The molecule has 2 aliphatic heterocycles. The molecule has 6 rings (SSSR count). The quantitative estimate of drug-likeness (QED) is 0.449. The van der Waals surface area contributed by atoms with E-state index in [9.17, 15) is 4.79 Å². The van der Waals surface area contributed by atoms with Crippen LogP contribution < -0.4 is 15.4 Å². The van der Waals surface area contributed by atoms with Gasteiger partial charge in [-0.1, -0.05) is 0 Å². The Morgan fingerprint density at radius 2 is 2.00 bits per heavy atom. The highest BCUT2D eigenvalue weighted by Crippen LogP contribution is 2.31. The zero-order valence-corrected chi connectivity index (χ0v) is 20.6. The van der Waals surface area contributed by atoms with Gasteiger partial charge in [-0.2, -0.15) is 0 Å². The third kappa shape index (κ3) is 4.19. The molecule has 1 atom stereocenters. The molecule has 0 radical (unpaired) electrons. The number of aromatic nitrogens is 2. The van der Waals surface area contributed by atoms with E-state index in [-0.39, 0.29) is 5.91 Å². The van der Waals surface area contributed by atoms with Gasteiger partial charge in [-0.3, -0.25) is 14.5 Å². The molecular formula is C28H30N6O2. The summed E-state index contributed by atoms with van der Waals surface area (Å²) in [6.45, 7) is 2.93. The minimum atomic E-state index is 0.0940. The minimum absolute atomic E-state index is 0.0940. The van der Waals surface area contributed by atoms with Crippen LogP contribution in [0.5, 0.6) is 5.75 Å². The van der Waals surface area contributed by atoms with Crippen LogP contribution in [0.2, 0.25) is 0 Å². The Morgan fingerprint density at radius 3 is 2.81 bits per heavy atom. The summed E-state index contributed by atoms with van der Waals surface area (Å²) < 4.78 is 7.76. The van der Waals surface area contributed by atoms with Gasteiger partial charge in [-0.25, -0.2) is 4.98 Å². The van der Waals surface area contributed by atoms with E-state index < -0.39 is 0 Å². The molecule has 1 amide bonds. The second-order valence-corrected chi connectivity index (χ2v) is 9.65. The van der Waals surface area contributed by atoms with Crippen LogP contribution in [-0.4, -0.2) is 65.0 Å². The van der Waals surface area contributed by atoms with E-state index in [1.807, 2.05) is 47.6 Å². The third-order valence-corrected chi connectivity index (χ3v) is 7.14. The van der Waals surface area contributed by atoms with Gasteiger partial charge in [-0.05, 0) is 80.7 Å². The second kappa shape index (κ2) is 9.29. The predicted octanol–water partition coefficient (Wildman–Crippen LogP) is 3.96. The number of fused-ring (bicyclic) bond motifs is 2. The fourth-order valence-electron chi connectivity index (χ4n) is 5.06. The number of hydrogen-bond acceptors (Lipinski definition) is 6. The van der Waals surface area contributed by atoms with Crippen molar-refractivity contribution >= 4 is 22.9 Å². The van der Waals surface area contributed by atoms with E-state index in [1.165, 1.54) is 0 Å². The lowest BCUT2D eigenvalue weighted by molar-refractivity contribution is 0.0783. The third-order valence-electron chi connectivity index (χ3n) is 7.14. The van der Waals surface area contributed by atoms with Crippen LogP contribution in [0.4, 0.5) is 11.4 Å². The molecule has 1 saturated heterocycles. The minimum Gasteiger partial charge on any atom is -0.478 e. The highest BCUT2D eigenvalue weighted by atomic mass is 16.5. The highest BCUT2D eigenvalue weighted by molar-refractivity contribution is 5.95. The van der Waals surface area contributed by atoms with Crippen molar-refractivity contribution in [2.45, 2.75) is 19.0 Å². The number of anilines is 2. The molecule has 1 fully saturated rings. The van der Waals surface area contributed by atoms with Crippen LogP contribution in [-0.2, 0) is 6.54 Å². The van der Waals surface area contributed by atoms with Gasteiger partial charge in [0.15, 0.2) is 5.65 Å². The van der Waals surface area contributed by atoms with E-state index in [0.29, 0.717) is 18.3 Å². The Labute approximate surface area is 210 Å². The number of hydrogen-bond donors (Lipinski definition) is 2. The molecule has 2 aromatic heterocycles. The Bertz CT molecular complexity index is 1410. The van der Waals surface area contributed by atoms with E-state index in [2.05, 4.69) is 63.3 Å². The monoisotopic (exact) mass is 482 g/mol. The molecular weight excluding hydrogens is 452 g/mol. The van der Waals surface area contributed by atoms with Gasteiger partial charge >= 0.3 is 0 Å². The Morgan fingerprint density at radius 1 is 1.14 bits per heavy atom. The maximum absolute atomic E-state index is 12.9. The zero-order chi connectivity index (χ0) is 24.6. The summed E-state index contributed by atoms with van der Waals surface area (Å²) in [4.78, 5) is 21.7. The smallest absolute Gasteiger partial charge is 0.253 e. The van der Waals surface area contributed by atoms with Crippen LogP contribution in [0.15, 0.2) is 67.0 Å². The van der Waals surface area contributed by atoms with Crippen LogP contribution in [0, 0.1) is 0 Å². The first-order chi connectivity index (χ1) is 17.6. The number of pyridine rings is 1. The topological polar surface area (TPSA) is 74.1 Å². The molecule has 0 spiro atoms. The molecule has 8 nitrogen and oxygen atoms in total. The fourth-order valence-corrected chi connectivity index (χ4v) is 5.06. The SMILES string of the molecule is CN(C)C1CCN(C(=O)c2ccc(Nc3ccc(-c4ccc5c(c4)CNCO5)n4ccnc34)cc2)C1. The number of carbonyl (C=O) groups excluding carboxylic acids is 1. The van der Waals surface area contributed by atoms with Crippen LogP contribution in [0.25, 0.3) is 16.9 Å². The van der Waals surface area contributed by atoms with E-state index >= 15 is 0 Å². The van der Waals surface area contributed by atoms with Crippen LogP contribution in [0.1, 0.15) is 22.3 Å². The van der Waals surface area contributed by atoms with Gasteiger partial charge < -0.3 is 19.9 Å². The first-order valence-corrected chi connectivity index (χ1v) is 12.3. The van der Waals surface area contributed by atoms with Crippen molar-refractivity contribution in [1.29, 1.82) is 0 Å². The van der Waals surface area contributed by atoms with Crippen molar-refractivity contribution in [1.82, 2.24) is 24.5 Å². The summed E-state index contributed by atoms with van der Waals surface area (Å²) in [5, 5.41) is 6.72. The number of rotatable bonds is 5. The van der Waals surface area contributed by atoms with Gasteiger partial charge in [0.25, 0.3) is 5.91 Å². The summed E-state index contributed by atoms with van der Waals surface area (Å²) in [5.74, 6) is 1.03. The van der Waals surface area contributed by atoms with Crippen molar-refractivity contribution in [3.63, 3.8) is 0 Å². The summed E-state index contributed by atoms with van der Waals surface area (Å²) in [6.07, 6.45) is 4.81. The maximum atomic E-state index is 12.9. The summed E-state index contributed by atoms with van der Waals surface area (Å²) >= 11 is 0. The van der Waals surface area contributed by atoms with Crippen molar-refractivity contribution in [3.8, 4) is 17.0 Å². The Kier molecular flexibility index (Phi) is 5.83. The van der Waals surface area contributed by atoms with Crippen LogP contribution in [0.3, 0.4) is 0 Å². The average molecular weight is 483 g/mol. The molecule has 2 aliphatic rings. The first kappa shape index (κ1) is 22.6. The lowest BCUT2D eigenvalue weighted by Crippen LogP contribution is -2.34. The number of benzene rings is 2. The van der Waals surface area contributed by atoms with Crippen molar-refractivity contribution < 1.29 is 9.53 Å². The lowest BCUT2D eigenvalue weighted by atomic mass is 10.1. The molecule has 0 bridgehead atoms. The molecule has 36 heavy (non-hydrogen) atoms. The highest BCUT2D eigenvalue weighted by Gasteiger charge is 2.28. The number of ether oxygens (including phenoxy) is 1. The fraction of sp³-hybridized carbons (Fsp3) is 0.286. The zero-order valence-electron chi connectivity index (χ0n) is 20.6. The molecule has 8 heteroatoms. The van der Waals surface area contributed by atoms with Gasteiger partial charge in [0, 0.05) is 54.9 Å². The molecule has 0 aliphatic carbocycles. The van der Waals surface area contributed by atoms with Crippen LogP contribution >= 0.6 is 0 Å².